The van der Waals surface area contributed by atoms with Crippen LogP contribution in [0.1, 0.15) is 27.9 Å². The van der Waals surface area contributed by atoms with Crippen LogP contribution in [0.3, 0.4) is 0 Å². The maximum atomic E-state index is 12.8. The predicted octanol–water partition coefficient (Wildman–Crippen LogP) is 3.32. The molecule has 0 fully saturated rings. The van der Waals surface area contributed by atoms with Crippen molar-refractivity contribution in [1.82, 2.24) is 25.4 Å². The van der Waals surface area contributed by atoms with Crippen molar-refractivity contribution in [2.45, 2.75) is 18.1 Å². The van der Waals surface area contributed by atoms with Gasteiger partial charge in [0.2, 0.25) is 0 Å². The zero-order chi connectivity index (χ0) is 23.4. The first kappa shape index (κ1) is 22.6. The summed E-state index contributed by atoms with van der Waals surface area (Å²) < 4.78 is 27.6. The van der Waals surface area contributed by atoms with Gasteiger partial charge in [-0.15, -0.1) is 22.7 Å². The van der Waals surface area contributed by atoms with E-state index >= 15 is 0 Å². The summed E-state index contributed by atoms with van der Waals surface area (Å²) in [6.07, 6.45) is 5.95. The molecule has 33 heavy (non-hydrogen) atoms. The Hall–Kier alpha value is -3.55. The third-order valence-corrected chi connectivity index (χ3v) is 8.30. The van der Waals surface area contributed by atoms with Gasteiger partial charge in [0, 0.05) is 18.6 Å². The fourth-order valence-electron chi connectivity index (χ4n) is 2.77. The molecule has 0 aliphatic carbocycles. The van der Waals surface area contributed by atoms with E-state index in [4.69, 9.17) is 0 Å². The minimum Gasteiger partial charge on any atom is -0.277 e. The molecule has 0 bridgehead atoms. The summed E-state index contributed by atoms with van der Waals surface area (Å²) in [6.45, 7) is 3.57. The summed E-state index contributed by atoms with van der Waals surface area (Å²) >= 11 is 2.43. The van der Waals surface area contributed by atoms with Crippen LogP contribution in [0.2, 0.25) is 0 Å². The van der Waals surface area contributed by atoms with Gasteiger partial charge in [-0.05, 0) is 37.4 Å². The van der Waals surface area contributed by atoms with E-state index in [1.54, 1.807) is 36.8 Å². The van der Waals surface area contributed by atoms with Gasteiger partial charge in [0.25, 0.3) is 15.9 Å². The van der Waals surface area contributed by atoms with Gasteiger partial charge in [0.1, 0.15) is 4.21 Å². The molecule has 0 radical (unpaired) electrons. The molecule has 0 unspecified atom stereocenters. The number of anilines is 1. The molecule has 0 saturated heterocycles. The summed E-state index contributed by atoms with van der Waals surface area (Å²) in [7, 11) is -3.84. The summed E-state index contributed by atoms with van der Waals surface area (Å²) in [5.41, 5.74) is 3.87. The number of hydrogen-bond donors (Lipinski definition) is 2. The van der Waals surface area contributed by atoms with E-state index in [0.29, 0.717) is 16.5 Å². The van der Waals surface area contributed by atoms with Crippen molar-refractivity contribution in [1.29, 1.82) is 0 Å². The molecule has 2 N–H and O–H groups in total. The number of carbonyl (C=O) groups excluding carboxylic acids is 1. The van der Waals surface area contributed by atoms with Gasteiger partial charge >= 0.3 is 0 Å². The highest BCUT2D eigenvalue weighted by molar-refractivity contribution is 7.94. The van der Waals surface area contributed by atoms with E-state index in [1.165, 1.54) is 35.9 Å². The number of hydrogen-bond acceptors (Lipinski definition) is 10. The van der Waals surface area contributed by atoms with Crippen molar-refractivity contribution >= 4 is 50.0 Å². The van der Waals surface area contributed by atoms with E-state index in [2.05, 4.69) is 35.2 Å². The molecule has 0 saturated carbocycles. The maximum absolute atomic E-state index is 12.8. The number of sulfonamides is 1. The van der Waals surface area contributed by atoms with Crippen LogP contribution in [0.15, 0.2) is 63.7 Å². The molecule has 168 valence electrons. The molecular weight excluding hydrogens is 482 g/mol. The Morgan fingerprint density at radius 3 is 2.64 bits per heavy atom. The SMILES string of the molecule is CC(=NNC(=O)c1ccncc1NS(=O)(=O)c1cccs1)c1sc(-c2ncccn2)nc1C. The average Bonchev–Trinajstić information content (AvgIpc) is 3.49. The molecule has 1 amide bonds. The zero-order valence-corrected chi connectivity index (χ0v) is 19.8. The van der Waals surface area contributed by atoms with Gasteiger partial charge in [0.05, 0.1) is 33.7 Å². The number of aryl methyl sites for hydroxylation is 1. The summed E-state index contributed by atoms with van der Waals surface area (Å²) in [6, 6.07) is 6.24. The normalized spacial score (nSPS) is 11.9. The summed E-state index contributed by atoms with van der Waals surface area (Å²) in [5.74, 6) is -0.0810. The number of aromatic nitrogens is 4. The zero-order valence-electron chi connectivity index (χ0n) is 17.4. The lowest BCUT2D eigenvalue weighted by Crippen LogP contribution is -2.22. The molecule has 0 aliphatic heterocycles. The molecule has 4 heterocycles. The molecule has 4 aromatic heterocycles. The Kier molecular flexibility index (Phi) is 6.53. The van der Waals surface area contributed by atoms with Gasteiger partial charge in [-0.25, -0.2) is 28.8 Å². The predicted molar refractivity (Wildman–Crippen MR) is 127 cm³/mol. The van der Waals surface area contributed by atoms with Crippen LogP contribution in [0, 0.1) is 6.92 Å². The second-order valence-electron chi connectivity index (χ2n) is 6.60. The number of amides is 1. The van der Waals surface area contributed by atoms with Crippen molar-refractivity contribution in [3.63, 3.8) is 0 Å². The molecule has 4 aromatic rings. The fourth-order valence-corrected chi connectivity index (χ4v) is 5.78. The first-order valence-corrected chi connectivity index (χ1v) is 12.6. The number of hydrazone groups is 1. The number of nitrogens with one attached hydrogen (secondary N) is 2. The van der Waals surface area contributed by atoms with Gasteiger partial charge in [0.15, 0.2) is 10.8 Å². The van der Waals surface area contributed by atoms with Gasteiger partial charge in [-0.1, -0.05) is 6.07 Å². The van der Waals surface area contributed by atoms with Crippen molar-refractivity contribution in [3.8, 4) is 10.8 Å². The fraction of sp³-hybridized carbons (Fsp3) is 0.100. The number of pyridine rings is 1. The topological polar surface area (TPSA) is 139 Å². The number of carbonyl (C=O) groups is 1. The summed E-state index contributed by atoms with van der Waals surface area (Å²) in [4.78, 5) is 30.3. The standard InChI is InChI=1S/C20H17N7O3S3/c1-12-17(32-20(24-12)18-22-7-4-8-23-18)13(2)25-26-19(28)14-6-9-21-11-15(14)27-33(29,30)16-5-3-10-31-16/h3-11,27H,1-2H3,(H,26,28). The maximum Gasteiger partial charge on any atom is 0.273 e. The molecule has 10 nitrogen and oxygen atoms in total. The highest BCUT2D eigenvalue weighted by Crippen LogP contribution is 2.26. The average molecular weight is 500 g/mol. The van der Waals surface area contributed by atoms with Crippen LogP contribution >= 0.6 is 22.7 Å². The third kappa shape index (κ3) is 5.10. The Bertz CT molecular complexity index is 1420. The van der Waals surface area contributed by atoms with Crippen LogP contribution in [0.5, 0.6) is 0 Å². The quantitative estimate of drug-likeness (QED) is 0.294. The van der Waals surface area contributed by atoms with E-state index in [1.807, 2.05) is 6.92 Å². The lowest BCUT2D eigenvalue weighted by Gasteiger charge is -2.10. The van der Waals surface area contributed by atoms with Crippen LogP contribution in [-0.2, 0) is 10.0 Å². The minimum atomic E-state index is -3.84. The largest absolute Gasteiger partial charge is 0.277 e. The second kappa shape index (κ2) is 9.52. The molecule has 0 aliphatic rings. The highest BCUT2D eigenvalue weighted by Gasteiger charge is 2.20. The van der Waals surface area contributed by atoms with Crippen molar-refractivity contribution < 1.29 is 13.2 Å². The molecule has 0 aromatic carbocycles. The van der Waals surface area contributed by atoms with Crippen LogP contribution in [0.25, 0.3) is 10.8 Å². The van der Waals surface area contributed by atoms with Gasteiger partial charge < -0.3 is 0 Å². The minimum absolute atomic E-state index is 0.0498. The van der Waals surface area contributed by atoms with Gasteiger partial charge in [-0.2, -0.15) is 5.10 Å². The first-order valence-electron chi connectivity index (χ1n) is 9.45. The third-order valence-electron chi connectivity index (χ3n) is 4.28. The first-order chi connectivity index (χ1) is 15.8. The van der Waals surface area contributed by atoms with E-state index in [-0.39, 0.29) is 15.5 Å². The van der Waals surface area contributed by atoms with Crippen LogP contribution in [0.4, 0.5) is 5.69 Å². The molecule has 13 heteroatoms. The second-order valence-corrected chi connectivity index (χ2v) is 10.5. The molecular formula is C20H17N7O3S3. The van der Waals surface area contributed by atoms with Crippen molar-refractivity contribution in [2.75, 3.05) is 4.72 Å². The highest BCUT2D eigenvalue weighted by atomic mass is 32.2. The van der Waals surface area contributed by atoms with E-state index in [0.717, 1.165) is 21.9 Å². The lowest BCUT2D eigenvalue weighted by molar-refractivity contribution is 0.0955. The van der Waals surface area contributed by atoms with Gasteiger partial charge in [-0.3, -0.25) is 14.5 Å². The monoisotopic (exact) mass is 499 g/mol. The molecule has 0 spiro atoms. The molecule has 0 atom stereocenters. The number of rotatable bonds is 7. The smallest absolute Gasteiger partial charge is 0.273 e. The van der Waals surface area contributed by atoms with Crippen LogP contribution < -0.4 is 10.1 Å². The Morgan fingerprint density at radius 2 is 1.91 bits per heavy atom. The number of thiazole rings is 1. The van der Waals surface area contributed by atoms with Crippen LogP contribution in [-0.4, -0.2) is 40.0 Å². The number of thiophene rings is 1. The van der Waals surface area contributed by atoms with Crippen molar-refractivity contribution in [3.05, 3.63) is 70.6 Å². The lowest BCUT2D eigenvalue weighted by atomic mass is 10.2. The van der Waals surface area contributed by atoms with E-state index in [9.17, 15) is 13.2 Å². The van der Waals surface area contributed by atoms with Crippen molar-refractivity contribution in [2.24, 2.45) is 5.10 Å². The Balaban J connectivity index is 1.53. The number of nitrogens with zero attached hydrogens (tertiary/aromatic N) is 5. The Labute approximate surface area is 197 Å². The molecule has 4 rings (SSSR count). The Morgan fingerprint density at radius 1 is 1.12 bits per heavy atom. The summed E-state index contributed by atoms with van der Waals surface area (Å²) in [5, 5.41) is 6.47. The van der Waals surface area contributed by atoms with E-state index < -0.39 is 15.9 Å².